The van der Waals surface area contributed by atoms with E-state index in [1.54, 1.807) is 0 Å². The zero-order chi connectivity index (χ0) is 14.4. The lowest BCUT2D eigenvalue weighted by Crippen LogP contribution is -2.66. The molecule has 3 rings (SSSR count). The highest BCUT2D eigenvalue weighted by Crippen LogP contribution is 2.37. The van der Waals surface area contributed by atoms with E-state index in [9.17, 15) is 9.59 Å². The molecule has 2 aliphatic heterocycles. The van der Waals surface area contributed by atoms with Crippen molar-refractivity contribution < 1.29 is 9.59 Å². The van der Waals surface area contributed by atoms with Crippen molar-refractivity contribution >= 4 is 11.8 Å². The van der Waals surface area contributed by atoms with E-state index in [0.29, 0.717) is 5.92 Å². The molecule has 2 saturated heterocycles. The Morgan fingerprint density at radius 1 is 1.10 bits per heavy atom. The van der Waals surface area contributed by atoms with Gasteiger partial charge in [0, 0.05) is 12.6 Å². The van der Waals surface area contributed by atoms with Gasteiger partial charge in [0.2, 0.25) is 11.8 Å². The molecule has 0 N–H and O–H groups in total. The van der Waals surface area contributed by atoms with Crippen LogP contribution in [0, 0.1) is 11.8 Å². The van der Waals surface area contributed by atoms with Crippen LogP contribution in [0.4, 0.5) is 0 Å². The summed E-state index contributed by atoms with van der Waals surface area (Å²) in [5.41, 5.74) is 0. The van der Waals surface area contributed by atoms with Gasteiger partial charge in [-0.05, 0) is 43.9 Å². The van der Waals surface area contributed by atoms with Gasteiger partial charge in [-0.25, -0.2) is 0 Å². The molecule has 2 amide bonds. The van der Waals surface area contributed by atoms with E-state index < -0.39 is 0 Å². The molecule has 112 valence electrons. The lowest BCUT2D eigenvalue weighted by atomic mass is 9.93. The summed E-state index contributed by atoms with van der Waals surface area (Å²) in [5.74, 6) is 1.29. The molecule has 4 unspecified atom stereocenters. The lowest BCUT2D eigenvalue weighted by molar-refractivity contribution is -0.164. The Balaban J connectivity index is 1.91. The summed E-state index contributed by atoms with van der Waals surface area (Å²) in [4.78, 5) is 29.5. The van der Waals surface area contributed by atoms with Crippen LogP contribution in [0.5, 0.6) is 0 Å². The van der Waals surface area contributed by atoms with Crippen LogP contribution >= 0.6 is 0 Å². The van der Waals surface area contributed by atoms with Gasteiger partial charge in [0.15, 0.2) is 0 Å². The molecule has 4 atom stereocenters. The summed E-state index contributed by atoms with van der Waals surface area (Å²) in [6.45, 7) is 7.16. The number of fused-ring (bicyclic) bond motifs is 1. The second-order valence-electron chi connectivity index (χ2n) is 7.20. The van der Waals surface area contributed by atoms with E-state index in [2.05, 4.69) is 20.8 Å². The Labute approximate surface area is 121 Å². The molecule has 0 aromatic rings. The first-order valence-electron chi connectivity index (χ1n) is 8.13. The molecular formula is C16H26N2O2. The van der Waals surface area contributed by atoms with E-state index in [-0.39, 0.29) is 35.9 Å². The van der Waals surface area contributed by atoms with Crippen LogP contribution < -0.4 is 0 Å². The number of carbonyl (C=O) groups excluding carboxylic acids is 2. The number of piperazine rings is 1. The maximum atomic E-state index is 12.9. The molecule has 0 bridgehead atoms. The highest BCUT2D eigenvalue weighted by molar-refractivity contribution is 5.97. The molecule has 2 heterocycles. The van der Waals surface area contributed by atoms with Gasteiger partial charge in [-0.15, -0.1) is 0 Å². The Bertz CT molecular complexity index is 421. The topological polar surface area (TPSA) is 40.6 Å². The Hall–Kier alpha value is -1.06. The summed E-state index contributed by atoms with van der Waals surface area (Å²) in [6, 6.07) is -0.0999. The fourth-order valence-corrected chi connectivity index (χ4v) is 4.33. The van der Waals surface area contributed by atoms with Gasteiger partial charge < -0.3 is 9.80 Å². The Morgan fingerprint density at radius 2 is 1.85 bits per heavy atom. The van der Waals surface area contributed by atoms with Crippen LogP contribution in [0.2, 0.25) is 0 Å². The Morgan fingerprint density at radius 3 is 2.45 bits per heavy atom. The minimum absolute atomic E-state index is 0.159. The third-order valence-electron chi connectivity index (χ3n) is 5.32. The molecular weight excluding hydrogens is 252 g/mol. The molecule has 3 aliphatic rings. The molecule has 0 aromatic heterocycles. The average molecular weight is 278 g/mol. The number of carbonyl (C=O) groups is 2. The normalized spacial score (nSPS) is 38.0. The third-order valence-corrected chi connectivity index (χ3v) is 5.32. The summed E-state index contributed by atoms with van der Waals surface area (Å²) in [5, 5.41) is 0. The summed E-state index contributed by atoms with van der Waals surface area (Å²) in [7, 11) is 0. The summed E-state index contributed by atoms with van der Waals surface area (Å²) >= 11 is 0. The SMILES string of the molecule is CC1CCC(N2C(=O)C3CCCN3C(=O)C2C(C)C)C1. The van der Waals surface area contributed by atoms with Gasteiger partial charge in [-0.1, -0.05) is 20.8 Å². The summed E-state index contributed by atoms with van der Waals surface area (Å²) < 4.78 is 0. The van der Waals surface area contributed by atoms with Crippen LogP contribution in [0.15, 0.2) is 0 Å². The second kappa shape index (κ2) is 5.05. The van der Waals surface area contributed by atoms with Gasteiger partial charge >= 0.3 is 0 Å². The predicted octanol–water partition coefficient (Wildman–Crippen LogP) is 2.03. The zero-order valence-electron chi connectivity index (χ0n) is 12.8. The van der Waals surface area contributed by atoms with Gasteiger partial charge in [-0.2, -0.15) is 0 Å². The number of amides is 2. The second-order valence-corrected chi connectivity index (χ2v) is 7.20. The van der Waals surface area contributed by atoms with Crippen LogP contribution in [0.3, 0.4) is 0 Å². The van der Waals surface area contributed by atoms with Gasteiger partial charge in [0.05, 0.1) is 0 Å². The first-order chi connectivity index (χ1) is 9.50. The highest BCUT2D eigenvalue weighted by Gasteiger charge is 2.51. The highest BCUT2D eigenvalue weighted by atomic mass is 16.2. The van der Waals surface area contributed by atoms with Crippen LogP contribution in [0.25, 0.3) is 0 Å². The smallest absolute Gasteiger partial charge is 0.246 e. The van der Waals surface area contributed by atoms with E-state index in [1.165, 1.54) is 6.42 Å². The fraction of sp³-hybridized carbons (Fsp3) is 0.875. The van der Waals surface area contributed by atoms with Crippen LogP contribution in [-0.2, 0) is 9.59 Å². The van der Waals surface area contributed by atoms with Crippen molar-refractivity contribution in [3.05, 3.63) is 0 Å². The lowest BCUT2D eigenvalue weighted by Gasteiger charge is -2.46. The van der Waals surface area contributed by atoms with Crippen molar-refractivity contribution in [1.82, 2.24) is 9.80 Å². The van der Waals surface area contributed by atoms with Gasteiger partial charge in [0.25, 0.3) is 0 Å². The number of hydrogen-bond acceptors (Lipinski definition) is 2. The molecule has 1 saturated carbocycles. The molecule has 3 fully saturated rings. The van der Waals surface area contributed by atoms with Crippen molar-refractivity contribution in [3.63, 3.8) is 0 Å². The molecule has 4 nitrogen and oxygen atoms in total. The van der Waals surface area contributed by atoms with Crippen LogP contribution in [-0.4, -0.2) is 46.3 Å². The van der Waals surface area contributed by atoms with Crippen molar-refractivity contribution in [2.24, 2.45) is 11.8 Å². The van der Waals surface area contributed by atoms with Gasteiger partial charge in [-0.3, -0.25) is 9.59 Å². The van der Waals surface area contributed by atoms with Gasteiger partial charge in [0.1, 0.15) is 12.1 Å². The van der Waals surface area contributed by atoms with Crippen molar-refractivity contribution in [2.75, 3.05) is 6.54 Å². The van der Waals surface area contributed by atoms with Crippen molar-refractivity contribution in [3.8, 4) is 0 Å². The number of nitrogens with zero attached hydrogens (tertiary/aromatic N) is 2. The minimum atomic E-state index is -0.229. The molecule has 0 radical (unpaired) electrons. The largest absolute Gasteiger partial charge is 0.329 e. The minimum Gasteiger partial charge on any atom is -0.329 e. The first kappa shape index (κ1) is 13.9. The van der Waals surface area contributed by atoms with Crippen LogP contribution in [0.1, 0.15) is 52.9 Å². The fourth-order valence-electron chi connectivity index (χ4n) is 4.33. The number of hydrogen-bond donors (Lipinski definition) is 0. The molecule has 20 heavy (non-hydrogen) atoms. The zero-order valence-corrected chi connectivity index (χ0v) is 12.8. The maximum absolute atomic E-state index is 12.9. The molecule has 1 aliphatic carbocycles. The average Bonchev–Trinajstić information content (AvgIpc) is 3.01. The molecule has 4 heteroatoms. The van der Waals surface area contributed by atoms with E-state index in [1.807, 2.05) is 9.80 Å². The summed E-state index contributed by atoms with van der Waals surface area (Å²) in [6.07, 6.45) is 5.14. The molecule has 0 aromatic carbocycles. The Kier molecular flexibility index (Phi) is 3.51. The maximum Gasteiger partial charge on any atom is 0.246 e. The van der Waals surface area contributed by atoms with E-state index >= 15 is 0 Å². The monoisotopic (exact) mass is 278 g/mol. The number of rotatable bonds is 2. The standard InChI is InChI=1S/C16H26N2O2/c1-10(2)14-16(20)17-8-4-5-13(17)15(19)18(14)12-7-6-11(3)9-12/h10-14H,4-9H2,1-3H3. The van der Waals surface area contributed by atoms with E-state index in [4.69, 9.17) is 0 Å². The third kappa shape index (κ3) is 2.04. The van der Waals surface area contributed by atoms with Crippen molar-refractivity contribution in [2.45, 2.75) is 71.0 Å². The molecule has 0 spiro atoms. The van der Waals surface area contributed by atoms with E-state index in [0.717, 1.165) is 32.2 Å². The predicted molar refractivity (Wildman–Crippen MR) is 77.0 cm³/mol. The first-order valence-corrected chi connectivity index (χ1v) is 8.13. The van der Waals surface area contributed by atoms with Crippen molar-refractivity contribution in [1.29, 1.82) is 0 Å². The quantitative estimate of drug-likeness (QED) is 0.775.